The van der Waals surface area contributed by atoms with Crippen molar-refractivity contribution in [2.45, 2.75) is 39.3 Å². The number of guanidine groups is 1. The van der Waals surface area contributed by atoms with Gasteiger partial charge in [0.15, 0.2) is 11.7 Å². The Morgan fingerprint density at radius 2 is 2.16 bits per heavy atom. The fraction of sp³-hybridized carbons (Fsp3) is 0.562. The number of hydrogen-bond donors (Lipinski definition) is 3. The fourth-order valence-electron chi connectivity index (χ4n) is 2.15. The molecule has 2 aromatic heterocycles. The standard InChI is InChI=1S/C16H26N6O2.HI/c1-5-13-7-14(24-21-13)9-18-15(17-6-2)19-11-16(3,23)12-8-20-22(4)10-12;/h7-8,10,23H,5-6,9,11H2,1-4H3,(H2,17,18,19);1H. The highest BCUT2D eigenvalue weighted by Crippen LogP contribution is 2.18. The van der Waals surface area contributed by atoms with Crippen molar-refractivity contribution >= 4 is 29.9 Å². The molecular weight excluding hydrogens is 435 g/mol. The zero-order valence-corrected chi connectivity index (χ0v) is 17.4. The molecule has 8 nitrogen and oxygen atoms in total. The van der Waals surface area contributed by atoms with Crippen LogP contribution in [0.15, 0.2) is 28.0 Å². The summed E-state index contributed by atoms with van der Waals surface area (Å²) in [6.07, 6.45) is 4.29. The van der Waals surface area contributed by atoms with E-state index in [1.807, 2.05) is 27.0 Å². The van der Waals surface area contributed by atoms with Crippen molar-refractivity contribution < 1.29 is 9.63 Å². The van der Waals surface area contributed by atoms with Gasteiger partial charge in [-0.3, -0.25) is 4.68 Å². The first-order chi connectivity index (χ1) is 11.4. The van der Waals surface area contributed by atoms with Crippen LogP contribution in [-0.4, -0.2) is 39.1 Å². The van der Waals surface area contributed by atoms with E-state index < -0.39 is 5.60 Å². The van der Waals surface area contributed by atoms with Crippen LogP contribution in [0.25, 0.3) is 0 Å². The van der Waals surface area contributed by atoms with Gasteiger partial charge >= 0.3 is 0 Å². The van der Waals surface area contributed by atoms with Crippen LogP contribution in [0.3, 0.4) is 0 Å². The van der Waals surface area contributed by atoms with E-state index >= 15 is 0 Å². The molecule has 9 heteroatoms. The van der Waals surface area contributed by atoms with Gasteiger partial charge in [-0.1, -0.05) is 12.1 Å². The van der Waals surface area contributed by atoms with Gasteiger partial charge < -0.3 is 20.3 Å². The first-order valence-electron chi connectivity index (χ1n) is 8.12. The van der Waals surface area contributed by atoms with E-state index in [1.54, 1.807) is 24.0 Å². The summed E-state index contributed by atoms with van der Waals surface area (Å²) in [5.74, 6) is 1.32. The van der Waals surface area contributed by atoms with Gasteiger partial charge in [0, 0.05) is 31.4 Å². The van der Waals surface area contributed by atoms with Crippen LogP contribution < -0.4 is 10.6 Å². The van der Waals surface area contributed by atoms with Crippen molar-refractivity contribution in [3.05, 3.63) is 35.5 Å². The topological polar surface area (TPSA) is 100 Å². The average molecular weight is 462 g/mol. The number of aromatic nitrogens is 3. The molecule has 1 unspecified atom stereocenters. The molecule has 0 saturated heterocycles. The minimum absolute atomic E-state index is 0. The molecule has 3 N–H and O–H groups in total. The maximum absolute atomic E-state index is 10.6. The van der Waals surface area contributed by atoms with Crippen LogP contribution in [-0.2, 0) is 25.6 Å². The Bertz CT molecular complexity index is 680. The predicted molar refractivity (Wildman–Crippen MR) is 107 cm³/mol. The van der Waals surface area contributed by atoms with Crippen LogP contribution in [0.1, 0.15) is 37.8 Å². The summed E-state index contributed by atoms with van der Waals surface area (Å²) in [6.45, 7) is 7.16. The molecule has 2 rings (SSSR count). The van der Waals surface area contributed by atoms with Crippen LogP contribution in [0.2, 0.25) is 0 Å². The fourth-order valence-corrected chi connectivity index (χ4v) is 2.15. The Morgan fingerprint density at radius 1 is 1.40 bits per heavy atom. The van der Waals surface area contributed by atoms with E-state index in [1.165, 1.54) is 0 Å². The van der Waals surface area contributed by atoms with Gasteiger partial charge in [-0.05, 0) is 20.3 Å². The Kier molecular flexibility index (Phi) is 8.36. The molecule has 0 radical (unpaired) electrons. The molecule has 0 aromatic carbocycles. The van der Waals surface area contributed by atoms with Crippen molar-refractivity contribution in [2.75, 3.05) is 13.1 Å². The number of nitrogens with one attached hydrogen (secondary N) is 2. The normalized spacial score (nSPS) is 13.9. The van der Waals surface area contributed by atoms with E-state index in [0.717, 1.165) is 24.2 Å². The second-order valence-electron chi connectivity index (χ2n) is 5.86. The Morgan fingerprint density at radius 3 is 2.72 bits per heavy atom. The third-order valence-corrected chi connectivity index (χ3v) is 3.63. The van der Waals surface area contributed by atoms with Gasteiger partial charge in [0.25, 0.3) is 0 Å². The van der Waals surface area contributed by atoms with E-state index in [2.05, 4.69) is 25.9 Å². The quantitative estimate of drug-likeness (QED) is 0.328. The van der Waals surface area contributed by atoms with Crippen molar-refractivity contribution in [2.24, 2.45) is 12.0 Å². The number of halogens is 1. The molecule has 0 spiro atoms. The van der Waals surface area contributed by atoms with Crippen LogP contribution in [0.5, 0.6) is 0 Å². The summed E-state index contributed by atoms with van der Waals surface area (Å²) >= 11 is 0. The lowest BCUT2D eigenvalue weighted by atomic mass is 10.00. The van der Waals surface area contributed by atoms with E-state index in [-0.39, 0.29) is 24.0 Å². The summed E-state index contributed by atoms with van der Waals surface area (Å²) in [7, 11) is 1.82. The number of rotatable bonds is 7. The minimum atomic E-state index is -1.05. The molecule has 0 fully saturated rings. The van der Waals surface area contributed by atoms with Gasteiger partial charge in [-0.15, -0.1) is 24.0 Å². The molecule has 1 atom stereocenters. The van der Waals surface area contributed by atoms with Crippen molar-refractivity contribution in [1.82, 2.24) is 25.6 Å². The zero-order valence-electron chi connectivity index (χ0n) is 15.1. The smallest absolute Gasteiger partial charge is 0.191 e. The van der Waals surface area contributed by atoms with Gasteiger partial charge in [0.05, 0.1) is 18.4 Å². The molecule has 0 aliphatic carbocycles. The maximum atomic E-state index is 10.6. The van der Waals surface area contributed by atoms with Crippen molar-refractivity contribution in [1.29, 1.82) is 0 Å². The number of aliphatic hydroxyl groups is 1. The molecule has 0 bridgehead atoms. The van der Waals surface area contributed by atoms with Gasteiger partial charge in [0.1, 0.15) is 12.1 Å². The lowest BCUT2D eigenvalue weighted by Gasteiger charge is -2.23. The number of aryl methyl sites for hydroxylation is 2. The molecule has 25 heavy (non-hydrogen) atoms. The highest BCUT2D eigenvalue weighted by Gasteiger charge is 2.25. The van der Waals surface area contributed by atoms with Crippen LogP contribution in [0.4, 0.5) is 0 Å². The molecular formula is C16H27IN6O2. The largest absolute Gasteiger partial charge is 0.383 e. The SMILES string of the molecule is CCNC(=NCc1cc(CC)no1)NCC(C)(O)c1cnn(C)c1.I. The minimum Gasteiger partial charge on any atom is -0.383 e. The Hall–Kier alpha value is -1.62. The summed E-state index contributed by atoms with van der Waals surface area (Å²) in [5.41, 5.74) is 0.611. The van der Waals surface area contributed by atoms with Crippen molar-refractivity contribution in [3.63, 3.8) is 0 Å². The molecule has 0 saturated carbocycles. The first-order valence-corrected chi connectivity index (χ1v) is 8.12. The van der Waals surface area contributed by atoms with E-state index in [0.29, 0.717) is 24.8 Å². The van der Waals surface area contributed by atoms with Crippen LogP contribution >= 0.6 is 24.0 Å². The van der Waals surface area contributed by atoms with Gasteiger partial charge in [-0.25, -0.2) is 4.99 Å². The monoisotopic (exact) mass is 462 g/mol. The third-order valence-electron chi connectivity index (χ3n) is 3.63. The van der Waals surface area contributed by atoms with Crippen molar-refractivity contribution in [3.8, 4) is 0 Å². The van der Waals surface area contributed by atoms with E-state index in [9.17, 15) is 5.11 Å². The summed E-state index contributed by atoms with van der Waals surface area (Å²) < 4.78 is 6.89. The number of aliphatic imine (C=N–C) groups is 1. The summed E-state index contributed by atoms with van der Waals surface area (Å²) in [4.78, 5) is 4.46. The lowest BCUT2D eigenvalue weighted by molar-refractivity contribution is 0.0616. The molecule has 140 valence electrons. The van der Waals surface area contributed by atoms with Crippen LogP contribution in [0, 0.1) is 0 Å². The first kappa shape index (κ1) is 21.4. The highest BCUT2D eigenvalue weighted by atomic mass is 127. The second kappa shape index (κ2) is 9.76. The predicted octanol–water partition coefficient (Wildman–Crippen LogP) is 1.55. The summed E-state index contributed by atoms with van der Waals surface area (Å²) in [6, 6.07) is 1.90. The third kappa shape index (κ3) is 6.31. The lowest BCUT2D eigenvalue weighted by Crippen LogP contribution is -2.44. The van der Waals surface area contributed by atoms with Gasteiger partial charge in [0.2, 0.25) is 0 Å². The molecule has 0 amide bonds. The molecule has 2 heterocycles. The summed E-state index contributed by atoms with van der Waals surface area (Å²) in [5, 5.41) is 25.0. The Balaban J connectivity index is 0.00000312. The maximum Gasteiger partial charge on any atom is 0.191 e. The highest BCUT2D eigenvalue weighted by molar-refractivity contribution is 14.0. The molecule has 2 aromatic rings. The Labute approximate surface area is 165 Å². The average Bonchev–Trinajstić information content (AvgIpc) is 3.19. The zero-order chi connectivity index (χ0) is 17.6. The number of hydrogen-bond acceptors (Lipinski definition) is 5. The molecule has 0 aliphatic rings. The molecule has 0 aliphatic heterocycles. The number of nitrogens with zero attached hydrogens (tertiary/aromatic N) is 4. The van der Waals surface area contributed by atoms with Gasteiger partial charge in [-0.2, -0.15) is 5.10 Å². The van der Waals surface area contributed by atoms with E-state index in [4.69, 9.17) is 4.52 Å². The second-order valence-corrected chi connectivity index (χ2v) is 5.86.